The molecular formula is C16H12F2N2O2. The monoisotopic (exact) mass is 302 g/mol. The number of hydrogen-bond donors (Lipinski definition) is 1. The lowest BCUT2D eigenvalue weighted by atomic mass is 9.97. The molecule has 3 aromatic rings. The Bertz CT molecular complexity index is 861. The molecule has 0 unspecified atom stereocenters. The van der Waals surface area contributed by atoms with Crippen molar-refractivity contribution in [3.8, 4) is 22.5 Å². The molecule has 0 aliphatic rings. The van der Waals surface area contributed by atoms with Crippen LogP contribution in [0.15, 0.2) is 45.7 Å². The maximum absolute atomic E-state index is 14.0. The van der Waals surface area contributed by atoms with Crippen LogP contribution in [-0.4, -0.2) is 10.1 Å². The van der Waals surface area contributed by atoms with Crippen LogP contribution in [-0.2, 0) is 6.42 Å². The fourth-order valence-corrected chi connectivity index (χ4v) is 2.38. The predicted octanol–water partition coefficient (Wildman–Crippen LogP) is 3.54. The molecule has 0 bridgehead atoms. The SMILES string of the molecule is CCc1c(F)cc(-c2ccccc2-c2noc(=O)[nH]2)cc1F. The van der Waals surface area contributed by atoms with E-state index >= 15 is 0 Å². The molecule has 1 heterocycles. The van der Waals surface area contributed by atoms with Crippen molar-refractivity contribution in [3.63, 3.8) is 0 Å². The number of nitrogens with one attached hydrogen (secondary N) is 1. The van der Waals surface area contributed by atoms with E-state index in [1.165, 1.54) is 12.1 Å². The number of rotatable bonds is 3. The normalized spacial score (nSPS) is 10.9. The lowest BCUT2D eigenvalue weighted by molar-refractivity contribution is 0.388. The topological polar surface area (TPSA) is 58.9 Å². The van der Waals surface area contributed by atoms with Crippen LogP contribution in [0.25, 0.3) is 22.5 Å². The van der Waals surface area contributed by atoms with E-state index in [2.05, 4.69) is 14.7 Å². The summed E-state index contributed by atoms with van der Waals surface area (Å²) in [5.74, 6) is -1.67. The minimum atomic E-state index is -0.691. The fourth-order valence-electron chi connectivity index (χ4n) is 2.38. The average molecular weight is 302 g/mol. The Balaban J connectivity index is 2.19. The molecule has 0 aliphatic heterocycles. The molecule has 3 rings (SSSR count). The van der Waals surface area contributed by atoms with Gasteiger partial charge in [-0.25, -0.2) is 13.6 Å². The summed E-state index contributed by atoms with van der Waals surface area (Å²) in [7, 11) is 0. The minimum absolute atomic E-state index is 0.0519. The molecule has 0 aliphatic carbocycles. The van der Waals surface area contributed by atoms with E-state index in [1.54, 1.807) is 31.2 Å². The van der Waals surface area contributed by atoms with Crippen molar-refractivity contribution in [1.82, 2.24) is 10.1 Å². The Labute approximate surface area is 124 Å². The van der Waals surface area contributed by atoms with Gasteiger partial charge in [-0.2, -0.15) is 0 Å². The molecule has 6 heteroatoms. The van der Waals surface area contributed by atoms with Crippen molar-refractivity contribution < 1.29 is 13.3 Å². The Kier molecular flexibility index (Phi) is 3.58. The third-order valence-electron chi connectivity index (χ3n) is 3.43. The molecule has 0 saturated heterocycles. The van der Waals surface area contributed by atoms with Gasteiger partial charge in [0.1, 0.15) is 11.6 Å². The number of halogens is 2. The number of hydrogen-bond acceptors (Lipinski definition) is 3. The Morgan fingerprint density at radius 2 is 1.77 bits per heavy atom. The Hall–Kier alpha value is -2.76. The van der Waals surface area contributed by atoms with Crippen LogP contribution >= 0.6 is 0 Å². The summed E-state index contributed by atoms with van der Waals surface area (Å²) in [5.41, 5.74) is 1.49. The molecule has 0 radical (unpaired) electrons. The molecule has 4 nitrogen and oxygen atoms in total. The summed E-state index contributed by atoms with van der Waals surface area (Å²) in [6.07, 6.45) is 0.274. The second-order valence-corrected chi connectivity index (χ2v) is 4.76. The highest BCUT2D eigenvalue weighted by Crippen LogP contribution is 2.31. The summed E-state index contributed by atoms with van der Waals surface area (Å²) in [4.78, 5) is 13.5. The quantitative estimate of drug-likeness (QED) is 0.805. The first-order valence-corrected chi connectivity index (χ1v) is 6.74. The molecule has 0 spiro atoms. The molecule has 2 aromatic carbocycles. The van der Waals surface area contributed by atoms with E-state index in [0.717, 1.165) is 0 Å². The molecule has 112 valence electrons. The van der Waals surface area contributed by atoms with Crippen LogP contribution in [0.3, 0.4) is 0 Å². The summed E-state index contributed by atoms with van der Waals surface area (Å²) < 4.78 is 32.5. The fraction of sp³-hybridized carbons (Fsp3) is 0.125. The number of aromatic nitrogens is 2. The van der Waals surface area contributed by atoms with Gasteiger partial charge in [-0.05, 0) is 29.7 Å². The molecule has 0 atom stereocenters. The largest absolute Gasteiger partial charge is 0.439 e. The Morgan fingerprint density at radius 1 is 1.14 bits per heavy atom. The number of benzene rings is 2. The second kappa shape index (κ2) is 5.55. The van der Waals surface area contributed by atoms with Crippen LogP contribution in [0.2, 0.25) is 0 Å². The van der Waals surface area contributed by atoms with E-state index in [1.807, 2.05) is 0 Å². The van der Waals surface area contributed by atoms with Gasteiger partial charge in [0.05, 0.1) is 0 Å². The van der Waals surface area contributed by atoms with E-state index in [-0.39, 0.29) is 17.8 Å². The summed E-state index contributed by atoms with van der Waals surface area (Å²) >= 11 is 0. The van der Waals surface area contributed by atoms with Gasteiger partial charge in [0, 0.05) is 11.1 Å². The first-order chi connectivity index (χ1) is 10.6. The zero-order valence-electron chi connectivity index (χ0n) is 11.7. The molecule has 22 heavy (non-hydrogen) atoms. The smallest absolute Gasteiger partial charge is 0.296 e. The maximum Gasteiger partial charge on any atom is 0.439 e. The molecule has 0 saturated carbocycles. The van der Waals surface area contributed by atoms with E-state index in [0.29, 0.717) is 16.7 Å². The number of aromatic amines is 1. The third kappa shape index (κ3) is 2.43. The minimum Gasteiger partial charge on any atom is -0.296 e. The predicted molar refractivity (Wildman–Crippen MR) is 77.3 cm³/mol. The van der Waals surface area contributed by atoms with Crippen LogP contribution in [0, 0.1) is 11.6 Å². The van der Waals surface area contributed by atoms with Crippen molar-refractivity contribution in [3.05, 3.63) is 64.1 Å². The lowest BCUT2D eigenvalue weighted by Crippen LogP contribution is -1.97. The first kappa shape index (κ1) is 14.2. The van der Waals surface area contributed by atoms with Crippen molar-refractivity contribution in [2.45, 2.75) is 13.3 Å². The van der Waals surface area contributed by atoms with Crippen LogP contribution in [0.4, 0.5) is 8.78 Å². The maximum atomic E-state index is 14.0. The number of H-pyrrole nitrogens is 1. The molecular weight excluding hydrogens is 290 g/mol. The van der Waals surface area contributed by atoms with E-state index in [4.69, 9.17) is 0 Å². The highest BCUT2D eigenvalue weighted by Gasteiger charge is 2.15. The highest BCUT2D eigenvalue weighted by molar-refractivity contribution is 5.80. The first-order valence-electron chi connectivity index (χ1n) is 6.74. The lowest BCUT2D eigenvalue weighted by Gasteiger charge is -2.10. The van der Waals surface area contributed by atoms with Gasteiger partial charge in [-0.15, -0.1) is 0 Å². The van der Waals surface area contributed by atoms with Crippen molar-refractivity contribution in [1.29, 1.82) is 0 Å². The summed E-state index contributed by atoms with van der Waals surface area (Å²) in [5, 5.41) is 3.62. The number of nitrogens with zero attached hydrogens (tertiary/aromatic N) is 1. The van der Waals surface area contributed by atoms with Gasteiger partial charge in [-0.3, -0.25) is 9.51 Å². The van der Waals surface area contributed by atoms with E-state index in [9.17, 15) is 13.6 Å². The van der Waals surface area contributed by atoms with Crippen molar-refractivity contribution in [2.75, 3.05) is 0 Å². The second-order valence-electron chi connectivity index (χ2n) is 4.76. The van der Waals surface area contributed by atoms with Crippen LogP contribution in [0.1, 0.15) is 12.5 Å². The van der Waals surface area contributed by atoms with Crippen molar-refractivity contribution >= 4 is 0 Å². The summed E-state index contributed by atoms with van der Waals surface area (Å²) in [6.45, 7) is 1.69. The standard InChI is InChI=1S/C16H12F2N2O2/c1-2-10-13(17)7-9(8-14(10)18)11-5-3-4-6-12(11)15-19-16(21)22-20-15/h3-8H,2H2,1H3,(H,19,20,21). The van der Waals surface area contributed by atoms with E-state index < -0.39 is 17.4 Å². The zero-order valence-corrected chi connectivity index (χ0v) is 11.7. The van der Waals surface area contributed by atoms with Gasteiger partial charge >= 0.3 is 5.76 Å². The third-order valence-corrected chi connectivity index (χ3v) is 3.43. The van der Waals surface area contributed by atoms with Gasteiger partial charge in [-0.1, -0.05) is 36.3 Å². The summed E-state index contributed by atoms with van der Waals surface area (Å²) in [6, 6.07) is 9.41. The van der Waals surface area contributed by atoms with Gasteiger partial charge in [0.15, 0.2) is 5.82 Å². The molecule has 1 N–H and O–H groups in total. The molecule has 0 amide bonds. The highest BCUT2D eigenvalue weighted by atomic mass is 19.1. The average Bonchev–Trinajstić information content (AvgIpc) is 2.93. The molecule has 0 fully saturated rings. The molecule has 1 aromatic heterocycles. The van der Waals surface area contributed by atoms with Crippen LogP contribution < -0.4 is 5.76 Å². The van der Waals surface area contributed by atoms with Gasteiger partial charge in [0.2, 0.25) is 0 Å². The zero-order chi connectivity index (χ0) is 15.7. The van der Waals surface area contributed by atoms with Gasteiger partial charge in [0.25, 0.3) is 0 Å². The van der Waals surface area contributed by atoms with Crippen molar-refractivity contribution in [2.24, 2.45) is 0 Å². The van der Waals surface area contributed by atoms with Gasteiger partial charge < -0.3 is 0 Å². The van der Waals surface area contributed by atoms with Crippen LogP contribution in [0.5, 0.6) is 0 Å². The Morgan fingerprint density at radius 3 is 2.32 bits per heavy atom.